The maximum atomic E-state index is 11.8. The maximum absolute atomic E-state index is 11.8. The molecule has 0 aromatic heterocycles. The first-order valence-corrected chi connectivity index (χ1v) is 5.74. The van der Waals surface area contributed by atoms with Crippen LogP contribution in [0.4, 0.5) is 0 Å². The number of likely N-dealkylation sites (tertiary alicyclic amines) is 1. The highest BCUT2D eigenvalue weighted by atomic mass is 16.2. The first-order chi connectivity index (χ1) is 6.68. The minimum atomic E-state index is -0.223. The fourth-order valence-corrected chi connectivity index (χ4v) is 2.75. The topological polar surface area (TPSA) is 46.3 Å². The van der Waals surface area contributed by atoms with Crippen molar-refractivity contribution in [2.45, 2.75) is 51.1 Å². The summed E-state index contributed by atoms with van der Waals surface area (Å²) < 4.78 is 0. The Balaban J connectivity index is 1.99. The van der Waals surface area contributed by atoms with E-state index in [1.165, 1.54) is 19.3 Å². The molecule has 3 nitrogen and oxygen atoms in total. The van der Waals surface area contributed by atoms with Crippen LogP contribution >= 0.6 is 0 Å². The van der Waals surface area contributed by atoms with E-state index in [0.717, 1.165) is 25.3 Å². The third-order valence-corrected chi connectivity index (χ3v) is 3.62. The molecule has 2 aliphatic rings. The van der Waals surface area contributed by atoms with Crippen molar-refractivity contribution in [3.05, 3.63) is 0 Å². The number of nitrogens with zero attached hydrogens (tertiary/aromatic N) is 1. The van der Waals surface area contributed by atoms with Gasteiger partial charge in [-0.25, -0.2) is 0 Å². The fourth-order valence-electron chi connectivity index (χ4n) is 2.75. The third-order valence-electron chi connectivity index (χ3n) is 3.62. The van der Waals surface area contributed by atoms with E-state index >= 15 is 0 Å². The van der Waals surface area contributed by atoms with E-state index in [0.29, 0.717) is 6.04 Å². The molecular formula is C11H20N2O. The molecule has 80 valence electrons. The first kappa shape index (κ1) is 9.97. The van der Waals surface area contributed by atoms with E-state index in [9.17, 15) is 4.79 Å². The smallest absolute Gasteiger partial charge is 0.239 e. The van der Waals surface area contributed by atoms with Crippen LogP contribution in [-0.2, 0) is 4.79 Å². The van der Waals surface area contributed by atoms with Gasteiger partial charge in [0.15, 0.2) is 0 Å². The van der Waals surface area contributed by atoms with Crippen molar-refractivity contribution in [1.82, 2.24) is 4.90 Å². The van der Waals surface area contributed by atoms with Crippen LogP contribution in [0, 0.1) is 5.92 Å². The Kier molecular flexibility index (Phi) is 2.77. The number of piperidine rings is 1. The van der Waals surface area contributed by atoms with Crippen LogP contribution in [0.25, 0.3) is 0 Å². The highest BCUT2D eigenvalue weighted by molar-refractivity contribution is 5.82. The molecule has 3 heteroatoms. The zero-order valence-electron chi connectivity index (χ0n) is 8.91. The molecule has 0 aromatic carbocycles. The van der Waals surface area contributed by atoms with E-state index in [2.05, 4.69) is 6.92 Å². The van der Waals surface area contributed by atoms with E-state index in [-0.39, 0.29) is 11.9 Å². The van der Waals surface area contributed by atoms with E-state index in [4.69, 9.17) is 5.73 Å². The van der Waals surface area contributed by atoms with Gasteiger partial charge in [-0.15, -0.1) is 0 Å². The molecule has 3 unspecified atom stereocenters. The predicted octanol–water partition coefficient (Wildman–Crippen LogP) is 1.12. The second-order valence-corrected chi connectivity index (χ2v) is 4.85. The highest BCUT2D eigenvalue weighted by Crippen LogP contribution is 2.30. The van der Waals surface area contributed by atoms with Crippen LogP contribution in [-0.4, -0.2) is 29.4 Å². The van der Waals surface area contributed by atoms with E-state index in [1.54, 1.807) is 0 Å². The van der Waals surface area contributed by atoms with Crippen LogP contribution in [0.2, 0.25) is 0 Å². The molecule has 14 heavy (non-hydrogen) atoms. The van der Waals surface area contributed by atoms with Crippen LogP contribution in [0.5, 0.6) is 0 Å². The van der Waals surface area contributed by atoms with Gasteiger partial charge >= 0.3 is 0 Å². The zero-order chi connectivity index (χ0) is 10.1. The van der Waals surface area contributed by atoms with Gasteiger partial charge in [0.1, 0.15) is 0 Å². The van der Waals surface area contributed by atoms with Gasteiger partial charge in [0.25, 0.3) is 0 Å². The van der Waals surface area contributed by atoms with Crippen molar-refractivity contribution in [3.8, 4) is 0 Å². The standard InChI is InChI=1S/C11H20N2O/c1-8-4-5-9(7-8)13-6-2-3-10(12)11(13)14/h8-10H,2-7,12H2,1H3. The highest BCUT2D eigenvalue weighted by Gasteiger charge is 2.34. The Bertz CT molecular complexity index is 229. The average Bonchev–Trinajstić information content (AvgIpc) is 2.57. The molecule has 1 heterocycles. The molecule has 0 aromatic rings. The Morgan fingerprint density at radius 2 is 2.14 bits per heavy atom. The second kappa shape index (κ2) is 3.89. The Hall–Kier alpha value is -0.570. The summed E-state index contributed by atoms with van der Waals surface area (Å²) in [6.07, 6.45) is 5.58. The first-order valence-electron chi connectivity index (χ1n) is 5.74. The molecule has 0 bridgehead atoms. The van der Waals surface area contributed by atoms with E-state index < -0.39 is 0 Å². The van der Waals surface area contributed by atoms with Crippen LogP contribution in [0.15, 0.2) is 0 Å². The lowest BCUT2D eigenvalue weighted by atomic mass is 10.0. The second-order valence-electron chi connectivity index (χ2n) is 4.85. The molecule has 1 aliphatic heterocycles. The summed E-state index contributed by atoms with van der Waals surface area (Å²) in [6, 6.07) is 0.267. The van der Waals surface area contributed by atoms with Crippen molar-refractivity contribution >= 4 is 5.91 Å². The molecule has 1 saturated heterocycles. The van der Waals surface area contributed by atoms with Crippen LogP contribution in [0.3, 0.4) is 0 Å². The van der Waals surface area contributed by atoms with Crippen molar-refractivity contribution < 1.29 is 4.79 Å². The summed E-state index contributed by atoms with van der Waals surface area (Å²) in [6.45, 7) is 3.21. The normalized spacial score (nSPS) is 39.1. The number of nitrogens with two attached hydrogens (primary N) is 1. The predicted molar refractivity (Wildman–Crippen MR) is 55.7 cm³/mol. The van der Waals surface area contributed by atoms with Gasteiger partial charge in [-0.3, -0.25) is 4.79 Å². The van der Waals surface area contributed by atoms with Gasteiger partial charge in [0.2, 0.25) is 5.91 Å². The molecule has 2 rings (SSSR count). The molecule has 1 amide bonds. The minimum Gasteiger partial charge on any atom is -0.338 e. The van der Waals surface area contributed by atoms with Crippen molar-refractivity contribution in [2.75, 3.05) is 6.54 Å². The molecule has 2 N–H and O–H groups in total. The molecule has 0 spiro atoms. The maximum Gasteiger partial charge on any atom is 0.239 e. The molecule has 3 atom stereocenters. The largest absolute Gasteiger partial charge is 0.338 e. The third kappa shape index (κ3) is 1.78. The Morgan fingerprint density at radius 3 is 2.79 bits per heavy atom. The number of amides is 1. The number of carbonyl (C=O) groups excluding carboxylic acids is 1. The van der Waals surface area contributed by atoms with Gasteiger partial charge in [0, 0.05) is 12.6 Å². The molecule has 2 fully saturated rings. The van der Waals surface area contributed by atoms with Crippen LogP contribution in [0.1, 0.15) is 39.0 Å². The molecular weight excluding hydrogens is 176 g/mol. The fraction of sp³-hybridized carbons (Fsp3) is 0.909. The summed E-state index contributed by atoms with van der Waals surface area (Å²) in [5.74, 6) is 0.973. The zero-order valence-corrected chi connectivity index (χ0v) is 8.91. The number of rotatable bonds is 1. The van der Waals surface area contributed by atoms with Gasteiger partial charge in [-0.2, -0.15) is 0 Å². The van der Waals surface area contributed by atoms with Gasteiger partial charge in [0.05, 0.1) is 6.04 Å². The molecule has 1 aliphatic carbocycles. The van der Waals surface area contributed by atoms with Crippen molar-refractivity contribution in [3.63, 3.8) is 0 Å². The quantitative estimate of drug-likeness (QED) is 0.683. The van der Waals surface area contributed by atoms with Gasteiger partial charge in [-0.1, -0.05) is 6.92 Å². The SMILES string of the molecule is CC1CCC(N2CCCC(N)C2=O)C1. The summed E-state index contributed by atoms with van der Waals surface area (Å²) in [5.41, 5.74) is 5.78. The average molecular weight is 196 g/mol. The molecule has 1 saturated carbocycles. The molecule has 0 radical (unpaired) electrons. The number of carbonyl (C=O) groups is 1. The Labute approximate surface area is 85.6 Å². The summed E-state index contributed by atoms with van der Waals surface area (Å²) in [7, 11) is 0. The monoisotopic (exact) mass is 196 g/mol. The number of hydrogen-bond acceptors (Lipinski definition) is 2. The van der Waals surface area contributed by atoms with Crippen molar-refractivity contribution in [1.29, 1.82) is 0 Å². The summed E-state index contributed by atoms with van der Waals surface area (Å²) in [4.78, 5) is 13.9. The van der Waals surface area contributed by atoms with Gasteiger partial charge in [-0.05, 0) is 38.0 Å². The summed E-state index contributed by atoms with van der Waals surface area (Å²) >= 11 is 0. The minimum absolute atomic E-state index is 0.190. The lowest BCUT2D eigenvalue weighted by Gasteiger charge is -2.35. The Morgan fingerprint density at radius 1 is 1.36 bits per heavy atom. The van der Waals surface area contributed by atoms with E-state index in [1.807, 2.05) is 4.90 Å². The van der Waals surface area contributed by atoms with Crippen molar-refractivity contribution in [2.24, 2.45) is 11.7 Å². The van der Waals surface area contributed by atoms with Crippen LogP contribution < -0.4 is 5.73 Å². The summed E-state index contributed by atoms with van der Waals surface area (Å²) in [5, 5.41) is 0. The lowest BCUT2D eigenvalue weighted by Crippen LogP contribution is -2.51. The lowest BCUT2D eigenvalue weighted by molar-refractivity contribution is -0.137. The van der Waals surface area contributed by atoms with Gasteiger partial charge < -0.3 is 10.6 Å². The number of hydrogen-bond donors (Lipinski definition) is 1.